The largest absolute Gasteiger partial charge is 0.480 e. The molecule has 0 bridgehead atoms. The minimum Gasteiger partial charge on any atom is -0.480 e. The summed E-state index contributed by atoms with van der Waals surface area (Å²) in [6.07, 6.45) is 0. The molecular formula is C11H10FNO6. The van der Waals surface area contributed by atoms with Gasteiger partial charge < -0.3 is 9.84 Å². The molecule has 1 aromatic carbocycles. The lowest BCUT2D eigenvalue weighted by atomic mass is 9.81. The molecule has 0 amide bonds. The molecule has 102 valence electrons. The molecule has 0 aliphatic rings. The van der Waals surface area contributed by atoms with E-state index in [2.05, 4.69) is 4.74 Å². The zero-order valence-electron chi connectivity index (χ0n) is 10.0. The maximum Gasteiger partial charge on any atom is 0.327 e. The Morgan fingerprint density at radius 2 is 2.05 bits per heavy atom. The fraction of sp³-hybridized carbons (Fsp3) is 0.273. The summed E-state index contributed by atoms with van der Waals surface area (Å²) in [5.41, 5.74) is -3.60. The number of halogens is 1. The van der Waals surface area contributed by atoms with Gasteiger partial charge in [0, 0.05) is 6.07 Å². The number of ether oxygens (including phenoxy) is 1. The van der Waals surface area contributed by atoms with Crippen molar-refractivity contribution in [3.63, 3.8) is 0 Å². The topological polar surface area (TPSA) is 107 Å². The molecule has 1 rings (SSSR count). The maximum absolute atomic E-state index is 13.2. The van der Waals surface area contributed by atoms with E-state index in [1.807, 2.05) is 0 Å². The number of carboxylic acids is 1. The van der Waals surface area contributed by atoms with Gasteiger partial charge in [-0.3, -0.25) is 19.7 Å². The van der Waals surface area contributed by atoms with Gasteiger partial charge in [-0.15, -0.1) is 0 Å². The van der Waals surface area contributed by atoms with Crippen molar-refractivity contribution >= 4 is 17.6 Å². The highest BCUT2D eigenvalue weighted by molar-refractivity contribution is 6.05. The van der Waals surface area contributed by atoms with E-state index in [9.17, 15) is 24.1 Å². The molecule has 0 radical (unpaired) electrons. The molecule has 0 saturated heterocycles. The molecule has 0 aromatic heterocycles. The van der Waals surface area contributed by atoms with Gasteiger partial charge in [-0.05, 0) is 19.1 Å². The van der Waals surface area contributed by atoms with Crippen LogP contribution in [0.5, 0.6) is 0 Å². The molecule has 1 unspecified atom stereocenters. The standard InChI is InChI=1S/C11H10FNO6/c1-11(9(14)15,10(16)19-2)7-5-6(12)3-4-8(7)13(17)18/h3-5H,1-2H3,(H,14,15). The van der Waals surface area contributed by atoms with Gasteiger partial charge >= 0.3 is 11.9 Å². The Kier molecular flexibility index (Phi) is 3.83. The highest BCUT2D eigenvalue weighted by Gasteiger charge is 2.48. The minimum absolute atomic E-state index is 0.572. The van der Waals surface area contributed by atoms with Crippen molar-refractivity contribution < 1.29 is 28.7 Å². The number of nitro groups is 1. The van der Waals surface area contributed by atoms with E-state index in [-0.39, 0.29) is 0 Å². The second kappa shape index (κ2) is 5.01. The molecule has 0 spiro atoms. The lowest BCUT2D eigenvalue weighted by Crippen LogP contribution is -2.42. The van der Waals surface area contributed by atoms with Gasteiger partial charge in [0.05, 0.1) is 17.6 Å². The zero-order chi connectivity index (χ0) is 14.8. The van der Waals surface area contributed by atoms with Crippen LogP contribution >= 0.6 is 0 Å². The highest BCUT2D eigenvalue weighted by Crippen LogP contribution is 2.33. The molecule has 1 aromatic rings. The minimum atomic E-state index is -2.36. The van der Waals surface area contributed by atoms with Crippen LogP contribution in [0.3, 0.4) is 0 Å². The van der Waals surface area contributed by atoms with Gasteiger partial charge in [-0.1, -0.05) is 0 Å². The van der Waals surface area contributed by atoms with Crippen molar-refractivity contribution in [1.29, 1.82) is 0 Å². The fourth-order valence-electron chi connectivity index (χ4n) is 1.58. The van der Waals surface area contributed by atoms with E-state index in [0.717, 1.165) is 26.2 Å². The van der Waals surface area contributed by atoms with Crippen molar-refractivity contribution in [3.05, 3.63) is 39.7 Å². The summed E-state index contributed by atoms with van der Waals surface area (Å²) in [7, 11) is 0.939. The molecule has 19 heavy (non-hydrogen) atoms. The molecule has 0 aliphatic heterocycles. The summed E-state index contributed by atoms with van der Waals surface area (Å²) in [6.45, 7) is 0.920. The van der Waals surface area contributed by atoms with Gasteiger partial charge in [-0.2, -0.15) is 0 Å². The predicted molar refractivity (Wildman–Crippen MR) is 60.1 cm³/mol. The molecule has 0 heterocycles. The Labute approximate surface area is 106 Å². The number of rotatable bonds is 4. The van der Waals surface area contributed by atoms with Crippen LogP contribution in [-0.2, 0) is 19.7 Å². The molecule has 0 aliphatic carbocycles. The Morgan fingerprint density at radius 3 is 2.47 bits per heavy atom. The number of hydrogen-bond acceptors (Lipinski definition) is 5. The first-order valence-electron chi connectivity index (χ1n) is 5.01. The summed E-state index contributed by atoms with van der Waals surface area (Å²) in [4.78, 5) is 32.8. The van der Waals surface area contributed by atoms with Gasteiger partial charge in [-0.25, -0.2) is 4.39 Å². The zero-order valence-corrected chi connectivity index (χ0v) is 10.0. The number of benzene rings is 1. The summed E-state index contributed by atoms with van der Waals surface area (Å²) in [6, 6.07) is 2.25. The number of aliphatic carboxylic acids is 1. The first-order valence-corrected chi connectivity index (χ1v) is 5.01. The van der Waals surface area contributed by atoms with E-state index in [4.69, 9.17) is 5.11 Å². The number of carbonyl (C=O) groups excluding carboxylic acids is 1. The number of carbonyl (C=O) groups is 2. The van der Waals surface area contributed by atoms with Crippen molar-refractivity contribution in [3.8, 4) is 0 Å². The lowest BCUT2D eigenvalue weighted by Gasteiger charge is -2.21. The van der Waals surface area contributed by atoms with E-state index < -0.39 is 39.3 Å². The number of carboxylic acid groups (broad SMARTS) is 1. The molecule has 1 atom stereocenters. The number of methoxy groups -OCH3 is 1. The predicted octanol–water partition coefficient (Wildman–Crippen LogP) is 1.25. The van der Waals surface area contributed by atoms with Crippen molar-refractivity contribution in [2.45, 2.75) is 12.3 Å². The average molecular weight is 271 g/mol. The van der Waals surface area contributed by atoms with Crippen molar-refractivity contribution in [2.24, 2.45) is 0 Å². The van der Waals surface area contributed by atoms with Crippen LogP contribution in [0.15, 0.2) is 18.2 Å². The molecule has 0 saturated carbocycles. The van der Waals surface area contributed by atoms with Crippen LogP contribution in [0.25, 0.3) is 0 Å². The monoisotopic (exact) mass is 271 g/mol. The summed E-state index contributed by atoms with van der Waals surface area (Å²) in [5, 5.41) is 20.0. The lowest BCUT2D eigenvalue weighted by molar-refractivity contribution is -0.386. The molecule has 0 fully saturated rings. The third-order valence-electron chi connectivity index (χ3n) is 2.72. The van der Waals surface area contributed by atoms with Crippen LogP contribution < -0.4 is 0 Å². The summed E-state index contributed by atoms with van der Waals surface area (Å²) < 4.78 is 17.5. The Morgan fingerprint density at radius 1 is 1.47 bits per heavy atom. The SMILES string of the molecule is COC(=O)C(C)(C(=O)O)c1cc(F)ccc1[N+](=O)[O-]. The number of esters is 1. The normalized spacial score (nSPS) is 13.4. The van der Waals surface area contributed by atoms with Crippen molar-refractivity contribution in [2.75, 3.05) is 7.11 Å². The molecule has 1 N–H and O–H groups in total. The fourth-order valence-corrected chi connectivity index (χ4v) is 1.58. The first-order chi connectivity index (χ1) is 8.75. The second-order valence-corrected chi connectivity index (χ2v) is 3.84. The third-order valence-corrected chi connectivity index (χ3v) is 2.72. The highest BCUT2D eigenvalue weighted by atomic mass is 19.1. The molecule has 8 heteroatoms. The number of nitrogens with zero attached hydrogens (tertiary/aromatic N) is 1. The smallest absolute Gasteiger partial charge is 0.327 e. The van der Waals surface area contributed by atoms with Crippen LogP contribution in [0, 0.1) is 15.9 Å². The van der Waals surface area contributed by atoms with Gasteiger partial charge in [0.25, 0.3) is 5.69 Å². The maximum atomic E-state index is 13.2. The second-order valence-electron chi connectivity index (χ2n) is 3.84. The van der Waals surface area contributed by atoms with E-state index >= 15 is 0 Å². The van der Waals surface area contributed by atoms with Gasteiger partial charge in [0.2, 0.25) is 0 Å². The number of nitro benzene ring substituents is 1. The van der Waals surface area contributed by atoms with Gasteiger partial charge in [0.15, 0.2) is 5.41 Å². The van der Waals surface area contributed by atoms with Crippen LogP contribution in [-0.4, -0.2) is 29.1 Å². The Bertz CT molecular complexity index is 558. The Hall–Kier alpha value is -2.51. The van der Waals surface area contributed by atoms with Crippen molar-refractivity contribution in [1.82, 2.24) is 0 Å². The van der Waals surface area contributed by atoms with Crippen LogP contribution in [0.2, 0.25) is 0 Å². The molecule has 7 nitrogen and oxygen atoms in total. The average Bonchev–Trinajstić information content (AvgIpc) is 2.35. The van der Waals surface area contributed by atoms with Crippen LogP contribution in [0.4, 0.5) is 10.1 Å². The van der Waals surface area contributed by atoms with E-state index in [1.54, 1.807) is 0 Å². The van der Waals surface area contributed by atoms with E-state index in [1.165, 1.54) is 0 Å². The molecular weight excluding hydrogens is 261 g/mol. The van der Waals surface area contributed by atoms with E-state index in [0.29, 0.717) is 6.07 Å². The summed E-state index contributed by atoms with van der Waals surface area (Å²) >= 11 is 0. The third kappa shape index (κ3) is 2.37. The van der Waals surface area contributed by atoms with Gasteiger partial charge in [0.1, 0.15) is 5.82 Å². The Balaban J connectivity index is 3.64. The van der Waals surface area contributed by atoms with Crippen LogP contribution in [0.1, 0.15) is 12.5 Å². The quantitative estimate of drug-likeness (QED) is 0.382. The first kappa shape index (κ1) is 14.6. The number of hydrogen-bond donors (Lipinski definition) is 1. The summed E-state index contributed by atoms with van der Waals surface area (Å²) in [5.74, 6) is -3.79.